The van der Waals surface area contributed by atoms with Crippen molar-refractivity contribution in [3.05, 3.63) is 47.7 Å². The van der Waals surface area contributed by atoms with E-state index in [9.17, 15) is 22.8 Å². The highest BCUT2D eigenvalue weighted by Crippen LogP contribution is 2.29. The fourth-order valence-electron chi connectivity index (χ4n) is 2.45. The van der Waals surface area contributed by atoms with Gasteiger partial charge in [-0.05, 0) is 24.6 Å². The van der Waals surface area contributed by atoms with Crippen molar-refractivity contribution in [1.82, 2.24) is 10.1 Å². The van der Waals surface area contributed by atoms with Crippen LogP contribution in [0.5, 0.6) is 0 Å². The molecule has 0 atom stereocenters. The molecule has 146 valence electrons. The predicted octanol–water partition coefficient (Wildman–Crippen LogP) is 3.96. The number of nitrogens with zero attached hydrogens (tertiary/aromatic N) is 2. The summed E-state index contributed by atoms with van der Waals surface area (Å²) in [6, 6.07) is 5.61. The molecule has 2 aromatic rings. The van der Waals surface area contributed by atoms with E-state index in [4.69, 9.17) is 0 Å². The van der Waals surface area contributed by atoms with Gasteiger partial charge in [-0.3, -0.25) is 9.59 Å². The smallest absolute Gasteiger partial charge is 0.363 e. The van der Waals surface area contributed by atoms with Crippen LogP contribution in [0.25, 0.3) is 0 Å². The summed E-state index contributed by atoms with van der Waals surface area (Å²) in [4.78, 5) is 26.1. The van der Waals surface area contributed by atoms with E-state index in [1.165, 1.54) is 29.4 Å². The van der Waals surface area contributed by atoms with Crippen LogP contribution < -0.4 is 5.32 Å². The minimum absolute atomic E-state index is 0.115. The highest BCUT2D eigenvalue weighted by atomic mass is 19.4. The number of aromatic nitrogens is 1. The summed E-state index contributed by atoms with van der Waals surface area (Å²) in [6.45, 7) is 1.94. The molecule has 0 unspecified atom stereocenters. The summed E-state index contributed by atoms with van der Waals surface area (Å²) < 4.78 is 43.3. The topological polar surface area (TPSA) is 75.4 Å². The first-order valence-electron chi connectivity index (χ1n) is 8.48. The maximum Gasteiger partial charge on any atom is 0.416 e. The van der Waals surface area contributed by atoms with Crippen molar-refractivity contribution in [3.8, 4) is 0 Å². The number of unbranched alkanes of at least 4 members (excludes halogenated alkanes) is 2. The average molecular weight is 383 g/mol. The van der Waals surface area contributed by atoms with Crippen LogP contribution >= 0.6 is 0 Å². The summed E-state index contributed by atoms with van der Waals surface area (Å²) in [5, 5.41) is 6.01. The number of anilines is 1. The number of carbonyl (C=O) groups is 2. The van der Waals surface area contributed by atoms with E-state index in [2.05, 4.69) is 15.0 Å². The summed E-state index contributed by atoms with van der Waals surface area (Å²) in [7, 11) is 0. The van der Waals surface area contributed by atoms with Crippen LogP contribution in [-0.4, -0.2) is 35.0 Å². The van der Waals surface area contributed by atoms with Gasteiger partial charge >= 0.3 is 6.18 Å². The number of halogens is 3. The Bertz CT molecular complexity index is 761. The Morgan fingerprint density at radius 2 is 2.00 bits per heavy atom. The third-order valence-corrected chi connectivity index (χ3v) is 3.80. The quantitative estimate of drug-likeness (QED) is 0.700. The molecule has 1 aromatic carbocycles. The lowest BCUT2D eigenvalue weighted by Crippen LogP contribution is -2.38. The second kappa shape index (κ2) is 9.20. The Morgan fingerprint density at radius 1 is 1.22 bits per heavy atom. The fourth-order valence-corrected chi connectivity index (χ4v) is 2.45. The van der Waals surface area contributed by atoms with Gasteiger partial charge in [0.2, 0.25) is 5.91 Å². The van der Waals surface area contributed by atoms with Gasteiger partial charge in [0, 0.05) is 18.2 Å². The minimum Gasteiger partial charge on any atom is -0.363 e. The standard InChI is InChI=1S/C18H20F3N3O3/c1-2-3-4-9-24(12-16(25)22-15-8-10-27-23-15)17(26)13-6-5-7-14(11-13)18(19,20)21/h5-8,10-11H,2-4,9,12H2,1H3,(H,22,23,25). The van der Waals surface area contributed by atoms with E-state index in [1.54, 1.807) is 0 Å². The Morgan fingerprint density at radius 3 is 2.63 bits per heavy atom. The van der Waals surface area contributed by atoms with Gasteiger partial charge in [0.15, 0.2) is 5.82 Å². The first-order valence-corrected chi connectivity index (χ1v) is 8.48. The highest BCUT2D eigenvalue weighted by molar-refractivity contribution is 5.99. The van der Waals surface area contributed by atoms with Crippen molar-refractivity contribution in [2.45, 2.75) is 32.4 Å². The summed E-state index contributed by atoms with van der Waals surface area (Å²) in [5.74, 6) is -0.951. The number of alkyl halides is 3. The molecule has 0 aliphatic heterocycles. The minimum atomic E-state index is -4.55. The lowest BCUT2D eigenvalue weighted by Gasteiger charge is -2.22. The van der Waals surface area contributed by atoms with Crippen molar-refractivity contribution < 1.29 is 27.3 Å². The van der Waals surface area contributed by atoms with Crippen molar-refractivity contribution in [3.63, 3.8) is 0 Å². The number of hydrogen-bond acceptors (Lipinski definition) is 4. The van der Waals surface area contributed by atoms with Crippen molar-refractivity contribution >= 4 is 17.6 Å². The van der Waals surface area contributed by atoms with Gasteiger partial charge in [-0.2, -0.15) is 13.2 Å². The number of carbonyl (C=O) groups excluding carboxylic acids is 2. The van der Waals surface area contributed by atoms with Gasteiger partial charge in [0.05, 0.1) is 5.56 Å². The maximum absolute atomic E-state index is 12.9. The van der Waals surface area contributed by atoms with Gasteiger partial charge in [-0.1, -0.05) is 31.0 Å². The second-order valence-electron chi connectivity index (χ2n) is 5.95. The van der Waals surface area contributed by atoms with Crippen LogP contribution in [0.15, 0.2) is 41.1 Å². The molecular formula is C18H20F3N3O3. The summed E-state index contributed by atoms with van der Waals surface area (Å²) in [6.07, 6.45) is -0.900. The molecule has 0 bridgehead atoms. The van der Waals surface area contributed by atoms with Gasteiger partial charge in [0.1, 0.15) is 12.8 Å². The molecule has 0 spiro atoms. The monoisotopic (exact) mass is 383 g/mol. The van der Waals surface area contributed by atoms with Crippen LogP contribution in [0, 0.1) is 0 Å². The number of nitrogens with one attached hydrogen (secondary N) is 1. The number of benzene rings is 1. The molecule has 1 aromatic heterocycles. The normalized spacial score (nSPS) is 11.3. The third kappa shape index (κ3) is 6.12. The largest absolute Gasteiger partial charge is 0.416 e. The molecular weight excluding hydrogens is 363 g/mol. The molecule has 0 saturated carbocycles. The zero-order chi connectivity index (χ0) is 19.9. The van der Waals surface area contributed by atoms with Gasteiger partial charge in [-0.25, -0.2) is 0 Å². The number of hydrogen-bond donors (Lipinski definition) is 1. The first-order chi connectivity index (χ1) is 12.8. The Labute approximate surface area is 154 Å². The van der Waals surface area contributed by atoms with E-state index in [0.29, 0.717) is 6.42 Å². The van der Waals surface area contributed by atoms with Crippen molar-refractivity contribution in [1.29, 1.82) is 0 Å². The lowest BCUT2D eigenvalue weighted by atomic mass is 10.1. The molecule has 6 nitrogen and oxygen atoms in total. The van der Waals surface area contributed by atoms with E-state index in [-0.39, 0.29) is 24.5 Å². The predicted molar refractivity (Wildman–Crippen MR) is 92.0 cm³/mol. The summed E-state index contributed by atoms with van der Waals surface area (Å²) >= 11 is 0. The molecule has 0 saturated heterocycles. The highest BCUT2D eigenvalue weighted by Gasteiger charge is 2.31. The molecule has 0 radical (unpaired) electrons. The van der Waals surface area contributed by atoms with Crippen LogP contribution in [-0.2, 0) is 11.0 Å². The third-order valence-electron chi connectivity index (χ3n) is 3.80. The van der Waals surface area contributed by atoms with Crippen molar-refractivity contribution in [2.24, 2.45) is 0 Å². The Hall–Kier alpha value is -2.84. The molecule has 9 heteroatoms. The van der Waals surface area contributed by atoms with E-state index in [1.807, 2.05) is 6.92 Å². The lowest BCUT2D eigenvalue weighted by molar-refractivity contribution is -0.137. The molecule has 0 fully saturated rings. The van der Waals surface area contributed by atoms with E-state index >= 15 is 0 Å². The zero-order valence-corrected chi connectivity index (χ0v) is 14.8. The molecule has 1 heterocycles. The number of amides is 2. The second-order valence-corrected chi connectivity index (χ2v) is 5.95. The SMILES string of the molecule is CCCCCN(CC(=O)Nc1ccon1)C(=O)c1cccc(C(F)(F)F)c1. The fraction of sp³-hybridized carbons (Fsp3) is 0.389. The van der Waals surface area contributed by atoms with Crippen LogP contribution in [0.4, 0.5) is 19.0 Å². The van der Waals surface area contributed by atoms with Gasteiger partial charge in [0.25, 0.3) is 5.91 Å². The van der Waals surface area contributed by atoms with Crippen LogP contribution in [0.1, 0.15) is 42.1 Å². The number of rotatable bonds is 8. The Balaban J connectivity index is 2.14. The first kappa shape index (κ1) is 20.5. The van der Waals surface area contributed by atoms with E-state index in [0.717, 1.165) is 25.0 Å². The van der Waals surface area contributed by atoms with E-state index < -0.39 is 23.6 Å². The van der Waals surface area contributed by atoms with Crippen LogP contribution in [0.2, 0.25) is 0 Å². The molecule has 27 heavy (non-hydrogen) atoms. The van der Waals surface area contributed by atoms with Crippen molar-refractivity contribution in [2.75, 3.05) is 18.4 Å². The summed E-state index contributed by atoms with van der Waals surface area (Å²) in [5.41, 5.74) is -1.02. The maximum atomic E-state index is 12.9. The van der Waals surface area contributed by atoms with Gasteiger partial charge in [-0.15, -0.1) is 0 Å². The molecule has 0 aliphatic carbocycles. The molecule has 2 rings (SSSR count). The van der Waals surface area contributed by atoms with Gasteiger partial charge < -0.3 is 14.7 Å². The molecule has 2 amide bonds. The van der Waals surface area contributed by atoms with Crippen LogP contribution in [0.3, 0.4) is 0 Å². The average Bonchev–Trinajstić information content (AvgIpc) is 3.12. The molecule has 0 aliphatic rings. The Kier molecular flexibility index (Phi) is 6.98. The zero-order valence-electron chi connectivity index (χ0n) is 14.8. The molecule has 1 N–H and O–H groups in total.